The zero-order chi connectivity index (χ0) is 35.7. The van der Waals surface area contributed by atoms with Gasteiger partial charge in [0.1, 0.15) is 20.7 Å². The van der Waals surface area contributed by atoms with Crippen LogP contribution in [-0.2, 0) is 27.8 Å². The highest BCUT2D eigenvalue weighted by Gasteiger charge is 2.50. The lowest BCUT2D eigenvalue weighted by molar-refractivity contribution is -0.120. The number of anilines is 3. The van der Waals surface area contributed by atoms with Crippen LogP contribution >= 0.6 is 45.6 Å². The van der Waals surface area contributed by atoms with Crippen LogP contribution in [0.4, 0.5) is 17.1 Å². The highest BCUT2D eigenvalue weighted by atomic mass is 35.5. The Balaban J connectivity index is 1.24. The summed E-state index contributed by atoms with van der Waals surface area (Å²) in [7, 11) is 0. The molecule has 3 heterocycles. The van der Waals surface area contributed by atoms with Gasteiger partial charge in [0, 0.05) is 36.0 Å². The van der Waals surface area contributed by atoms with Crippen molar-refractivity contribution in [3.05, 3.63) is 114 Å². The van der Waals surface area contributed by atoms with Gasteiger partial charge in [0.05, 0.1) is 28.3 Å². The van der Waals surface area contributed by atoms with Crippen molar-refractivity contribution in [3.63, 3.8) is 0 Å². The highest BCUT2D eigenvalue weighted by Crippen LogP contribution is 2.55. The second kappa shape index (κ2) is 14.5. The van der Waals surface area contributed by atoms with Gasteiger partial charge in [-0.1, -0.05) is 64.6 Å². The minimum atomic E-state index is -0.515. The summed E-state index contributed by atoms with van der Waals surface area (Å²) in [6.45, 7) is 3.03. The predicted octanol–water partition coefficient (Wildman–Crippen LogP) is 7.17. The molecule has 0 radical (unpaired) electrons. The summed E-state index contributed by atoms with van der Waals surface area (Å²) in [5.41, 5.74) is 18.9. The van der Waals surface area contributed by atoms with Crippen LogP contribution in [0.15, 0.2) is 77.6 Å². The lowest BCUT2D eigenvalue weighted by atomic mass is 9.95. The minimum absolute atomic E-state index is 0.150. The molecule has 5 N–H and O–H groups in total. The average molecular weight is 756 g/mol. The van der Waals surface area contributed by atoms with Crippen molar-refractivity contribution in [3.8, 4) is 10.7 Å². The zero-order valence-corrected chi connectivity index (χ0v) is 31.0. The number of aromatic nitrogens is 5. The molecule has 0 bridgehead atoms. The Morgan fingerprint density at radius 1 is 0.882 bits per heavy atom. The normalized spacial score (nSPS) is 14.5. The summed E-state index contributed by atoms with van der Waals surface area (Å²) in [6.07, 6.45) is 2.71. The Kier molecular flexibility index (Phi) is 9.84. The number of nitrogens with two attached hydrogens (primary N) is 2. The van der Waals surface area contributed by atoms with Crippen molar-refractivity contribution in [2.75, 3.05) is 16.4 Å². The van der Waals surface area contributed by atoms with E-state index < -0.39 is 11.5 Å². The molecule has 7 rings (SSSR count). The van der Waals surface area contributed by atoms with E-state index in [0.717, 1.165) is 45.2 Å². The van der Waals surface area contributed by atoms with Crippen molar-refractivity contribution in [2.24, 2.45) is 0 Å². The Hall–Kier alpha value is -4.76. The van der Waals surface area contributed by atoms with Crippen LogP contribution in [0.5, 0.6) is 0 Å². The number of amides is 2. The van der Waals surface area contributed by atoms with E-state index in [1.165, 1.54) is 47.9 Å². The van der Waals surface area contributed by atoms with Gasteiger partial charge >= 0.3 is 0 Å². The summed E-state index contributed by atoms with van der Waals surface area (Å²) < 4.78 is 0. The topological polar surface area (TPSA) is 166 Å². The van der Waals surface area contributed by atoms with Gasteiger partial charge < -0.3 is 21.7 Å². The first-order chi connectivity index (χ1) is 24.6. The summed E-state index contributed by atoms with van der Waals surface area (Å²) in [6, 6.07) is 20.2. The molecule has 6 aromatic rings. The standard InChI is InChI=1S/C36H34ClN9O2S3/c1-20(47)41-28(15-22-3-8-25(38)9-4-22)32-43-45-35(51-32)36(13-14-36)24-7-12-27(37)30(17-24)46(21(2)48)31(16-23-5-10-26(39)11-6-23)34-44-42-33(50-34)29-18-49-19-40-29/h3-12,17-19,28,31H,13-16,38-39H2,1-2H3,(H,41,47). The third kappa shape index (κ3) is 7.49. The number of hydrogen-bond acceptors (Lipinski definition) is 12. The number of halogens is 1. The molecule has 0 saturated heterocycles. The molecule has 11 nitrogen and oxygen atoms in total. The van der Waals surface area contributed by atoms with Crippen molar-refractivity contribution in [1.29, 1.82) is 0 Å². The number of rotatable bonds is 12. The summed E-state index contributed by atoms with van der Waals surface area (Å²) in [5, 5.41) is 26.6. The van der Waals surface area contributed by atoms with Crippen LogP contribution in [0.1, 0.15) is 70.5 Å². The largest absolute Gasteiger partial charge is 0.399 e. The molecular weight excluding hydrogens is 722 g/mol. The van der Waals surface area contributed by atoms with E-state index >= 15 is 0 Å². The number of carbonyl (C=O) groups is 2. The SMILES string of the molecule is CC(=O)NC(Cc1ccc(N)cc1)c1nnc(C2(c3ccc(Cl)c(N(C(C)=O)C(Cc4ccc(N)cc4)c4nnc(-c5cscn5)s4)c3)CC2)s1. The second-order valence-corrected chi connectivity index (χ2v) is 15.7. The Morgan fingerprint density at radius 2 is 1.55 bits per heavy atom. The van der Waals surface area contributed by atoms with Gasteiger partial charge in [0.15, 0.2) is 5.01 Å². The third-order valence-corrected chi connectivity index (χ3v) is 12.1. The van der Waals surface area contributed by atoms with Crippen LogP contribution in [0.2, 0.25) is 5.02 Å². The molecule has 15 heteroatoms. The maximum atomic E-state index is 13.7. The Labute approximate surface area is 311 Å². The van der Waals surface area contributed by atoms with Crippen LogP contribution < -0.4 is 21.7 Å². The number of hydrogen-bond donors (Lipinski definition) is 3. The zero-order valence-electron chi connectivity index (χ0n) is 27.7. The number of thiazole rings is 1. The quantitative estimate of drug-likeness (QED) is 0.110. The molecule has 2 amide bonds. The molecule has 260 valence electrons. The van der Waals surface area contributed by atoms with E-state index in [-0.39, 0.29) is 17.9 Å². The fourth-order valence-electron chi connectivity index (χ4n) is 6.16. The molecular formula is C36H34ClN9O2S3. The lowest BCUT2D eigenvalue weighted by Gasteiger charge is -2.31. The first kappa shape index (κ1) is 34.7. The maximum Gasteiger partial charge on any atom is 0.224 e. The fourth-order valence-corrected chi connectivity index (χ4v) is 9.05. The predicted molar refractivity (Wildman–Crippen MR) is 204 cm³/mol. The van der Waals surface area contributed by atoms with Crippen LogP contribution in [0, 0.1) is 0 Å². The molecule has 3 aromatic carbocycles. The Morgan fingerprint density at radius 3 is 2.16 bits per heavy atom. The van der Waals surface area contributed by atoms with Crippen LogP contribution in [-0.4, -0.2) is 37.2 Å². The molecule has 3 aromatic heterocycles. The van der Waals surface area contributed by atoms with E-state index in [9.17, 15) is 9.59 Å². The van der Waals surface area contributed by atoms with Crippen LogP contribution in [0.3, 0.4) is 0 Å². The van der Waals surface area contributed by atoms with Crippen molar-refractivity contribution in [2.45, 2.75) is 57.0 Å². The number of nitrogens with zero attached hydrogens (tertiary/aromatic N) is 6. The maximum absolute atomic E-state index is 13.7. The first-order valence-electron chi connectivity index (χ1n) is 16.2. The van der Waals surface area contributed by atoms with Crippen LogP contribution in [0.25, 0.3) is 10.7 Å². The van der Waals surface area contributed by atoms with Crippen molar-refractivity contribution >= 4 is 74.5 Å². The summed E-state index contributed by atoms with van der Waals surface area (Å²) in [5.74, 6) is -0.341. The van der Waals surface area contributed by atoms with Gasteiger partial charge in [-0.2, -0.15) is 0 Å². The van der Waals surface area contributed by atoms with Crippen molar-refractivity contribution < 1.29 is 9.59 Å². The van der Waals surface area contributed by atoms with Gasteiger partial charge in [-0.3, -0.25) is 9.59 Å². The number of nitrogens with one attached hydrogen (secondary N) is 1. The number of benzene rings is 3. The van der Waals surface area contributed by atoms with E-state index in [2.05, 4.69) is 30.7 Å². The van der Waals surface area contributed by atoms with E-state index in [4.69, 9.17) is 23.1 Å². The summed E-state index contributed by atoms with van der Waals surface area (Å²) >= 11 is 11.3. The first-order valence-corrected chi connectivity index (χ1v) is 19.2. The highest BCUT2D eigenvalue weighted by molar-refractivity contribution is 7.15. The molecule has 1 aliphatic rings. The van der Waals surface area contributed by atoms with Gasteiger partial charge in [-0.25, -0.2) is 4.98 Å². The fraction of sp³-hybridized carbons (Fsp3) is 0.250. The molecule has 51 heavy (non-hydrogen) atoms. The molecule has 2 unspecified atom stereocenters. The summed E-state index contributed by atoms with van der Waals surface area (Å²) in [4.78, 5) is 32.0. The van der Waals surface area contributed by atoms with Gasteiger partial charge in [-0.05, 0) is 78.8 Å². The van der Waals surface area contributed by atoms with E-state index in [1.54, 1.807) is 10.4 Å². The van der Waals surface area contributed by atoms with Gasteiger partial charge in [0.2, 0.25) is 11.8 Å². The van der Waals surface area contributed by atoms with Gasteiger partial charge in [-0.15, -0.1) is 31.7 Å². The van der Waals surface area contributed by atoms with Gasteiger partial charge in [0.25, 0.3) is 0 Å². The van der Waals surface area contributed by atoms with Crippen molar-refractivity contribution in [1.82, 2.24) is 30.7 Å². The van der Waals surface area contributed by atoms with E-state index in [0.29, 0.717) is 44.9 Å². The minimum Gasteiger partial charge on any atom is -0.399 e. The monoisotopic (exact) mass is 755 g/mol. The molecule has 2 atom stereocenters. The molecule has 1 aliphatic carbocycles. The molecule has 0 spiro atoms. The second-order valence-electron chi connectivity index (χ2n) is 12.6. The number of carbonyl (C=O) groups excluding carboxylic acids is 2. The lowest BCUT2D eigenvalue weighted by Crippen LogP contribution is -2.35. The van der Waals surface area contributed by atoms with E-state index in [1.807, 2.05) is 72.1 Å². The third-order valence-electron chi connectivity index (χ3n) is 8.89. The molecule has 0 aliphatic heterocycles. The smallest absolute Gasteiger partial charge is 0.224 e. The average Bonchev–Trinajstić information content (AvgIpc) is 3.51. The molecule has 1 fully saturated rings. The molecule has 1 saturated carbocycles. The number of nitrogen functional groups attached to an aromatic ring is 2. The Bertz CT molecular complexity index is 2160.